The van der Waals surface area contributed by atoms with Crippen molar-refractivity contribution in [2.75, 3.05) is 23.8 Å². The first-order valence-corrected chi connectivity index (χ1v) is 8.48. The molecular weight excluding hydrogens is 330 g/mol. The van der Waals surface area contributed by atoms with Gasteiger partial charge in [0.25, 0.3) is 5.91 Å². The number of anilines is 2. The molecule has 1 atom stereocenters. The molecule has 1 aliphatic rings. The van der Waals surface area contributed by atoms with Crippen molar-refractivity contribution in [3.05, 3.63) is 59.7 Å². The van der Waals surface area contributed by atoms with E-state index in [1.165, 1.54) is 0 Å². The standard InChI is InChI=1S/C20H21N3O3/c1-13-6-8-17(9-7-13)23-12-15(11-18(23)24)20(26)22-16-5-3-4-14(10-16)19(25)21-2/h3-10,15H,11-12H2,1-2H3,(H,21,25)(H,22,26). The minimum absolute atomic E-state index is 0.0619. The second-order valence-corrected chi connectivity index (χ2v) is 6.39. The van der Waals surface area contributed by atoms with Crippen molar-refractivity contribution in [1.29, 1.82) is 0 Å². The number of carbonyl (C=O) groups excluding carboxylic acids is 3. The van der Waals surface area contributed by atoms with Gasteiger partial charge in [0.05, 0.1) is 5.92 Å². The number of carbonyl (C=O) groups is 3. The maximum Gasteiger partial charge on any atom is 0.251 e. The van der Waals surface area contributed by atoms with Gasteiger partial charge in [-0.05, 0) is 37.3 Å². The van der Waals surface area contributed by atoms with Crippen molar-refractivity contribution < 1.29 is 14.4 Å². The summed E-state index contributed by atoms with van der Waals surface area (Å²) in [5.74, 6) is -0.926. The number of nitrogens with zero attached hydrogens (tertiary/aromatic N) is 1. The number of rotatable bonds is 4. The number of nitrogens with one attached hydrogen (secondary N) is 2. The summed E-state index contributed by atoms with van der Waals surface area (Å²) in [5, 5.41) is 5.35. The predicted octanol–water partition coefficient (Wildman–Crippen LogP) is 2.35. The zero-order valence-corrected chi connectivity index (χ0v) is 14.8. The maximum atomic E-state index is 12.6. The van der Waals surface area contributed by atoms with E-state index in [0.29, 0.717) is 17.8 Å². The van der Waals surface area contributed by atoms with Gasteiger partial charge < -0.3 is 15.5 Å². The van der Waals surface area contributed by atoms with E-state index in [2.05, 4.69) is 10.6 Å². The molecule has 3 amide bonds. The van der Waals surface area contributed by atoms with Gasteiger partial charge in [0.15, 0.2) is 0 Å². The average molecular weight is 351 g/mol. The Morgan fingerprint density at radius 3 is 2.54 bits per heavy atom. The van der Waals surface area contributed by atoms with Crippen LogP contribution in [-0.2, 0) is 9.59 Å². The summed E-state index contributed by atoms with van der Waals surface area (Å²) in [6, 6.07) is 14.4. The first-order valence-electron chi connectivity index (χ1n) is 8.48. The molecule has 1 unspecified atom stereocenters. The van der Waals surface area contributed by atoms with E-state index in [9.17, 15) is 14.4 Å². The van der Waals surface area contributed by atoms with Crippen molar-refractivity contribution in [1.82, 2.24) is 5.32 Å². The van der Waals surface area contributed by atoms with Gasteiger partial charge >= 0.3 is 0 Å². The number of amides is 3. The Hall–Kier alpha value is -3.15. The van der Waals surface area contributed by atoms with Crippen molar-refractivity contribution in [2.45, 2.75) is 13.3 Å². The zero-order valence-electron chi connectivity index (χ0n) is 14.8. The Morgan fingerprint density at radius 1 is 1.12 bits per heavy atom. The van der Waals surface area contributed by atoms with E-state index >= 15 is 0 Å². The monoisotopic (exact) mass is 351 g/mol. The SMILES string of the molecule is CNC(=O)c1cccc(NC(=O)C2CC(=O)N(c3ccc(C)cc3)C2)c1. The van der Waals surface area contributed by atoms with Crippen LogP contribution in [0.1, 0.15) is 22.3 Å². The summed E-state index contributed by atoms with van der Waals surface area (Å²) in [5.41, 5.74) is 2.93. The highest BCUT2D eigenvalue weighted by atomic mass is 16.2. The van der Waals surface area contributed by atoms with Gasteiger partial charge in [0.2, 0.25) is 11.8 Å². The molecule has 26 heavy (non-hydrogen) atoms. The summed E-state index contributed by atoms with van der Waals surface area (Å²) >= 11 is 0. The van der Waals surface area contributed by atoms with E-state index < -0.39 is 5.92 Å². The molecule has 1 aliphatic heterocycles. The van der Waals surface area contributed by atoms with Crippen LogP contribution in [0, 0.1) is 12.8 Å². The van der Waals surface area contributed by atoms with Gasteiger partial charge in [0.1, 0.15) is 0 Å². The van der Waals surface area contributed by atoms with Crippen LogP contribution in [0.2, 0.25) is 0 Å². The molecule has 0 aromatic heterocycles. The van der Waals surface area contributed by atoms with Gasteiger partial charge in [-0.2, -0.15) is 0 Å². The smallest absolute Gasteiger partial charge is 0.251 e. The van der Waals surface area contributed by atoms with Crippen LogP contribution in [0.5, 0.6) is 0 Å². The Kier molecular flexibility index (Phi) is 5.02. The summed E-state index contributed by atoms with van der Waals surface area (Å²) in [6.07, 6.45) is 0.175. The number of hydrogen-bond donors (Lipinski definition) is 2. The molecule has 0 aliphatic carbocycles. The fraction of sp³-hybridized carbons (Fsp3) is 0.250. The molecule has 6 heteroatoms. The van der Waals surface area contributed by atoms with Crippen molar-refractivity contribution in [2.24, 2.45) is 5.92 Å². The lowest BCUT2D eigenvalue weighted by Gasteiger charge is -2.17. The molecule has 0 radical (unpaired) electrons. The fourth-order valence-corrected chi connectivity index (χ4v) is 2.98. The van der Waals surface area contributed by atoms with E-state index in [-0.39, 0.29) is 24.1 Å². The Labute approximate surface area is 152 Å². The predicted molar refractivity (Wildman–Crippen MR) is 100 cm³/mol. The quantitative estimate of drug-likeness (QED) is 0.887. The number of hydrogen-bond acceptors (Lipinski definition) is 3. The zero-order chi connectivity index (χ0) is 18.7. The van der Waals surface area contributed by atoms with Crippen LogP contribution in [0.4, 0.5) is 11.4 Å². The van der Waals surface area contributed by atoms with E-state index in [1.807, 2.05) is 31.2 Å². The lowest BCUT2D eigenvalue weighted by molar-refractivity contribution is -0.122. The van der Waals surface area contributed by atoms with Gasteiger partial charge in [-0.25, -0.2) is 0 Å². The molecule has 1 saturated heterocycles. The second kappa shape index (κ2) is 7.39. The van der Waals surface area contributed by atoms with E-state index in [4.69, 9.17) is 0 Å². The first-order chi connectivity index (χ1) is 12.5. The molecule has 3 rings (SSSR count). The highest BCUT2D eigenvalue weighted by Gasteiger charge is 2.35. The molecule has 1 fully saturated rings. The van der Waals surface area contributed by atoms with E-state index in [0.717, 1.165) is 11.3 Å². The third kappa shape index (κ3) is 3.74. The normalized spacial score (nSPS) is 16.5. The van der Waals surface area contributed by atoms with Gasteiger partial charge in [0, 0.05) is 37.0 Å². The van der Waals surface area contributed by atoms with Crippen LogP contribution in [0.3, 0.4) is 0 Å². The van der Waals surface area contributed by atoms with Crippen molar-refractivity contribution >= 4 is 29.1 Å². The minimum Gasteiger partial charge on any atom is -0.355 e. The van der Waals surface area contributed by atoms with Crippen LogP contribution in [-0.4, -0.2) is 31.3 Å². The highest BCUT2D eigenvalue weighted by Crippen LogP contribution is 2.26. The summed E-state index contributed by atoms with van der Waals surface area (Å²) < 4.78 is 0. The van der Waals surface area contributed by atoms with Gasteiger partial charge in [-0.3, -0.25) is 14.4 Å². The lowest BCUT2D eigenvalue weighted by Crippen LogP contribution is -2.28. The largest absolute Gasteiger partial charge is 0.355 e. The maximum absolute atomic E-state index is 12.6. The third-order valence-electron chi connectivity index (χ3n) is 4.46. The summed E-state index contributed by atoms with van der Waals surface area (Å²) in [6.45, 7) is 2.33. The molecule has 1 heterocycles. The van der Waals surface area contributed by atoms with Crippen LogP contribution in [0.25, 0.3) is 0 Å². The number of benzene rings is 2. The average Bonchev–Trinajstić information content (AvgIpc) is 3.04. The minimum atomic E-state index is -0.424. The summed E-state index contributed by atoms with van der Waals surface area (Å²) in [7, 11) is 1.55. The molecule has 2 aromatic carbocycles. The Morgan fingerprint density at radius 2 is 1.85 bits per heavy atom. The van der Waals surface area contributed by atoms with Gasteiger partial charge in [-0.1, -0.05) is 23.8 Å². The third-order valence-corrected chi connectivity index (χ3v) is 4.46. The molecule has 2 N–H and O–H groups in total. The van der Waals surface area contributed by atoms with E-state index in [1.54, 1.807) is 36.2 Å². The first kappa shape index (κ1) is 17.7. The van der Waals surface area contributed by atoms with Crippen molar-refractivity contribution in [3.63, 3.8) is 0 Å². The molecule has 0 bridgehead atoms. The molecular formula is C20H21N3O3. The topological polar surface area (TPSA) is 78.5 Å². The Balaban J connectivity index is 1.68. The highest BCUT2D eigenvalue weighted by molar-refractivity contribution is 6.04. The molecule has 2 aromatic rings. The fourth-order valence-electron chi connectivity index (χ4n) is 2.98. The van der Waals surface area contributed by atoms with Crippen LogP contribution < -0.4 is 15.5 Å². The second-order valence-electron chi connectivity index (χ2n) is 6.39. The molecule has 6 nitrogen and oxygen atoms in total. The lowest BCUT2D eigenvalue weighted by atomic mass is 10.1. The van der Waals surface area contributed by atoms with Crippen LogP contribution >= 0.6 is 0 Å². The van der Waals surface area contributed by atoms with Crippen LogP contribution in [0.15, 0.2) is 48.5 Å². The Bertz CT molecular complexity index is 846. The molecule has 0 saturated carbocycles. The summed E-state index contributed by atoms with van der Waals surface area (Å²) in [4.78, 5) is 38.2. The molecule has 134 valence electrons. The number of aryl methyl sites for hydroxylation is 1. The van der Waals surface area contributed by atoms with Crippen molar-refractivity contribution in [3.8, 4) is 0 Å². The van der Waals surface area contributed by atoms with Gasteiger partial charge in [-0.15, -0.1) is 0 Å². The molecule has 0 spiro atoms.